The second-order valence-corrected chi connectivity index (χ2v) is 11.2. The van der Waals surface area contributed by atoms with Crippen LogP contribution in [-0.2, 0) is 30.2 Å². The van der Waals surface area contributed by atoms with E-state index in [2.05, 4.69) is 20.8 Å². The summed E-state index contributed by atoms with van der Waals surface area (Å²) < 4.78 is 44.2. The molecule has 0 fully saturated rings. The summed E-state index contributed by atoms with van der Waals surface area (Å²) in [6.45, 7) is 5.23. The Bertz CT molecular complexity index is 1650. The first-order valence-corrected chi connectivity index (χ1v) is 16.8. The summed E-state index contributed by atoms with van der Waals surface area (Å²) in [6, 6.07) is 17.2. The molecule has 0 aliphatic carbocycles. The van der Waals surface area contributed by atoms with Crippen LogP contribution in [0.15, 0.2) is 60.8 Å². The Labute approximate surface area is 302 Å². The fraction of sp³-hybridized carbons (Fsp3) is 0.417. The molecule has 0 unspecified atom stereocenters. The van der Waals surface area contributed by atoms with E-state index in [1.54, 1.807) is 26.5 Å². The third-order valence-electron chi connectivity index (χ3n) is 7.35. The zero-order valence-electron chi connectivity index (χ0n) is 28.9. The van der Waals surface area contributed by atoms with Gasteiger partial charge in [-0.1, -0.05) is 17.7 Å². The summed E-state index contributed by atoms with van der Waals surface area (Å²) in [5.41, 5.74) is 4.27. The standard InChI is InChI=1S/C36H45ClN4O10/c1-44-29-6-3-27(35(23-29)45-2)24-39-33-25-40-41-32-21-26(4-7-30(32)33)31-22-28(37)5-8-34(31)51-20-19-50-18-17-49-16-15-48-14-13-47-12-11-46-10-9-38-36(42)43/h3-8,21-23,25,38H,9-20,24H2,1-2H3,(H,39,41)(H,42,43). The Morgan fingerprint density at radius 2 is 1.41 bits per heavy atom. The lowest BCUT2D eigenvalue weighted by Gasteiger charge is -2.15. The van der Waals surface area contributed by atoms with Crippen LogP contribution >= 0.6 is 11.6 Å². The number of hydrogen-bond donors (Lipinski definition) is 3. The number of halogens is 1. The summed E-state index contributed by atoms with van der Waals surface area (Å²) in [5.74, 6) is 2.13. The molecule has 0 bridgehead atoms. The highest BCUT2D eigenvalue weighted by molar-refractivity contribution is 6.31. The largest absolute Gasteiger partial charge is 0.497 e. The van der Waals surface area contributed by atoms with Gasteiger partial charge in [-0.2, -0.15) is 10.2 Å². The van der Waals surface area contributed by atoms with Gasteiger partial charge in [-0.15, -0.1) is 0 Å². The lowest BCUT2D eigenvalue weighted by Crippen LogP contribution is -2.25. The molecule has 1 heterocycles. The number of rotatable bonds is 25. The van der Waals surface area contributed by atoms with Crippen LogP contribution in [-0.4, -0.2) is 115 Å². The van der Waals surface area contributed by atoms with E-state index < -0.39 is 6.09 Å². The number of fused-ring (bicyclic) bond motifs is 1. The van der Waals surface area contributed by atoms with Crippen LogP contribution in [0.3, 0.4) is 0 Å². The van der Waals surface area contributed by atoms with Crippen LogP contribution in [0, 0.1) is 0 Å². The monoisotopic (exact) mass is 728 g/mol. The van der Waals surface area contributed by atoms with Crippen LogP contribution in [0.2, 0.25) is 5.02 Å². The number of ether oxygens (including phenoxy) is 8. The smallest absolute Gasteiger partial charge is 0.404 e. The van der Waals surface area contributed by atoms with Crippen molar-refractivity contribution in [2.45, 2.75) is 6.54 Å². The van der Waals surface area contributed by atoms with E-state index in [1.807, 2.05) is 48.5 Å². The number of anilines is 1. The predicted molar refractivity (Wildman–Crippen MR) is 192 cm³/mol. The van der Waals surface area contributed by atoms with Gasteiger partial charge in [-0.3, -0.25) is 0 Å². The van der Waals surface area contributed by atoms with Gasteiger partial charge in [0, 0.05) is 40.7 Å². The van der Waals surface area contributed by atoms with Gasteiger partial charge in [0.2, 0.25) is 0 Å². The minimum absolute atomic E-state index is 0.246. The lowest BCUT2D eigenvalue weighted by molar-refractivity contribution is -0.0124. The maximum absolute atomic E-state index is 10.3. The summed E-state index contributed by atoms with van der Waals surface area (Å²) >= 11 is 6.39. The molecule has 3 N–H and O–H groups in total. The van der Waals surface area contributed by atoms with Crippen molar-refractivity contribution in [1.29, 1.82) is 0 Å². The highest BCUT2D eigenvalue weighted by Crippen LogP contribution is 2.35. The maximum Gasteiger partial charge on any atom is 0.404 e. The average molecular weight is 729 g/mol. The van der Waals surface area contributed by atoms with Gasteiger partial charge < -0.3 is 53.6 Å². The zero-order valence-corrected chi connectivity index (χ0v) is 29.6. The zero-order chi connectivity index (χ0) is 36.1. The Kier molecular flexibility index (Phi) is 17.3. The molecule has 0 aliphatic heterocycles. The van der Waals surface area contributed by atoms with Crippen LogP contribution in [0.25, 0.3) is 22.0 Å². The predicted octanol–water partition coefficient (Wildman–Crippen LogP) is 5.31. The van der Waals surface area contributed by atoms with Gasteiger partial charge in [0.15, 0.2) is 0 Å². The van der Waals surface area contributed by atoms with E-state index in [0.29, 0.717) is 90.0 Å². The Morgan fingerprint density at radius 1 is 0.745 bits per heavy atom. The van der Waals surface area contributed by atoms with Gasteiger partial charge in [-0.05, 0) is 48.0 Å². The number of nitrogens with zero attached hydrogens (tertiary/aromatic N) is 2. The molecule has 1 aromatic heterocycles. The summed E-state index contributed by atoms with van der Waals surface area (Å²) in [4.78, 5) is 10.3. The fourth-order valence-corrected chi connectivity index (χ4v) is 5.01. The number of carbonyl (C=O) groups is 1. The van der Waals surface area contributed by atoms with E-state index in [-0.39, 0.29) is 6.54 Å². The first kappa shape index (κ1) is 39.3. The second kappa shape index (κ2) is 22.4. The molecule has 4 rings (SSSR count). The number of amides is 1. The number of hydrogen-bond acceptors (Lipinski definition) is 12. The average Bonchev–Trinajstić information content (AvgIpc) is 3.14. The van der Waals surface area contributed by atoms with Gasteiger partial charge in [0.05, 0.1) is 97.7 Å². The molecule has 15 heteroatoms. The van der Waals surface area contributed by atoms with E-state index in [0.717, 1.165) is 44.8 Å². The molecule has 0 saturated heterocycles. The molecule has 0 radical (unpaired) electrons. The number of methoxy groups -OCH3 is 2. The van der Waals surface area contributed by atoms with Crippen molar-refractivity contribution < 1.29 is 47.8 Å². The van der Waals surface area contributed by atoms with Crippen molar-refractivity contribution in [3.63, 3.8) is 0 Å². The molecule has 4 aromatic rings. The summed E-state index contributed by atoms with van der Waals surface area (Å²) in [7, 11) is 3.26. The molecule has 14 nitrogen and oxygen atoms in total. The van der Waals surface area contributed by atoms with E-state index >= 15 is 0 Å². The molecule has 51 heavy (non-hydrogen) atoms. The van der Waals surface area contributed by atoms with Crippen molar-refractivity contribution in [3.8, 4) is 28.4 Å². The highest BCUT2D eigenvalue weighted by Gasteiger charge is 2.12. The van der Waals surface area contributed by atoms with Crippen molar-refractivity contribution in [1.82, 2.24) is 15.5 Å². The number of aromatic nitrogens is 2. The topological polar surface area (TPSA) is 161 Å². The molecule has 0 saturated carbocycles. The third kappa shape index (κ3) is 13.7. The molecule has 3 aromatic carbocycles. The van der Waals surface area contributed by atoms with E-state index in [9.17, 15) is 4.79 Å². The van der Waals surface area contributed by atoms with Gasteiger partial charge >= 0.3 is 6.09 Å². The van der Waals surface area contributed by atoms with Gasteiger partial charge in [0.25, 0.3) is 0 Å². The first-order chi connectivity index (χ1) is 25.0. The molecule has 0 aliphatic rings. The van der Waals surface area contributed by atoms with Crippen LogP contribution in [0.5, 0.6) is 17.2 Å². The Morgan fingerprint density at radius 3 is 2.06 bits per heavy atom. The van der Waals surface area contributed by atoms with Crippen molar-refractivity contribution >= 4 is 34.3 Å². The van der Waals surface area contributed by atoms with Crippen LogP contribution in [0.1, 0.15) is 5.56 Å². The van der Waals surface area contributed by atoms with Crippen LogP contribution < -0.4 is 24.8 Å². The minimum Gasteiger partial charge on any atom is -0.497 e. The molecule has 0 spiro atoms. The number of carboxylic acid groups (broad SMARTS) is 1. The number of nitrogens with one attached hydrogen (secondary N) is 2. The fourth-order valence-electron chi connectivity index (χ4n) is 4.83. The van der Waals surface area contributed by atoms with Gasteiger partial charge in [0.1, 0.15) is 23.9 Å². The normalized spacial score (nSPS) is 11.0. The van der Waals surface area contributed by atoms with E-state index in [4.69, 9.17) is 54.6 Å². The van der Waals surface area contributed by atoms with Gasteiger partial charge in [-0.25, -0.2) is 4.79 Å². The first-order valence-electron chi connectivity index (χ1n) is 16.5. The summed E-state index contributed by atoms with van der Waals surface area (Å²) in [5, 5.41) is 24.3. The Balaban J connectivity index is 1.14. The van der Waals surface area contributed by atoms with Crippen LogP contribution in [0.4, 0.5) is 10.5 Å². The lowest BCUT2D eigenvalue weighted by atomic mass is 10.0. The third-order valence-corrected chi connectivity index (χ3v) is 7.59. The Hall–Kier alpha value is -4.44. The second-order valence-electron chi connectivity index (χ2n) is 10.8. The maximum atomic E-state index is 10.3. The molecule has 276 valence electrons. The highest BCUT2D eigenvalue weighted by atomic mass is 35.5. The number of benzene rings is 3. The van der Waals surface area contributed by atoms with Crippen molar-refractivity contribution in [2.24, 2.45) is 0 Å². The molecular weight excluding hydrogens is 684 g/mol. The summed E-state index contributed by atoms with van der Waals surface area (Å²) in [6.07, 6.45) is 0.638. The van der Waals surface area contributed by atoms with E-state index in [1.165, 1.54) is 0 Å². The van der Waals surface area contributed by atoms with Crippen molar-refractivity contribution in [2.75, 3.05) is 98.8 Å². The SMILES string of the molecule is COc1ccc(CNc2cnnc3cc(-c4cc(Cl)ccc4OCCOCCOCCOCCOCCOCCNC(=O)O)ccc23)c(OC)c1. The molecular formula is C36H45ClN4O10. The molecule has 1 amide bonds. The minimum atomic E-state index is -1.07. The van der Waals surface area contributed by atoms with Crippen molar-refractivity contribution in [3.05, 3.63) is 71.4 Å². The molecule has 0 atom stereocenters. The quantitative estimate of drug-likeness (QED) is 0.0754.